The van der Waals surface area contributed by atoms with Gasteiger partial charge in [-0.3, -0.25) is 14.6 Å². The van der Waals surface area contributed by atoms with Crippen LogP contribution in [0.3, 0.4) is 0 Å². The molecule has 2 rings (SSSR count). The first-order valence-electron chi connectivity index (χ1n) is 7.95. The quantitative estimate of drug-likeness (QED) is 0.861. The van der Waals surface area contributed by atoms with Crippen molar-refractivity contribution in [3.05, 3.63) is 29.8 Å². The van der Waals surface area contributed by atoms with E-state index in [0.29, 0.717) is 19.1 Å². The Hall–Kier alpha value is -1.59. The highest BCUT2D eigenvalue weighted by atomic mass is 16.5. The van der Waals surface area contributed by atoms with Gasteiger partial charge in [0.05, 0.1) is 13.7 Å². The molecule has 0 atom stereocenters. The molecule has 0 aliphatic carbocycles. The van der Waals surface area contributed by atoms with Crippen LogP contribution in [-0.2, 0) is 11.3 Å². The van der Waals surface area contributed by atoms with E-state index in [1.165, 1.54) is 0 Å². The molecule has 0 unspecified atom stereocenters. The topological polar surface area (TPSA) is 44.8 Å². The minimum atomic E-state index is 0.0731. The lowest BCUT2D eigenvalue weighted by atomic mass is 10.2. The molecular formula is C17H27N3O2. The lowest BCUT2D eigenvalue weighted by Crippen LogP contribution is -2.51. The molecular weight excluding hydrogens is 278 g/mol. The van der Waals surface area contributed by atoms with Crippen LogP contribution >= 0.6 is 0 Å². The molecule has 1 heterocycles. The van der Waals surface area contributed by atoms with Gasteiger partial charge in [-0.2, -0.15) is 0 Å². The number of amides is 1. The monoisotopic (exact) mass is 305 g/mol. The third-order valence-electron chi connectivity index (χ3n) is 4.17. The van der Waals surface area contributed by atoms with Crippen LogP contribution in [0.1, 0.15) is 19.4 Å². The van der Waals surface area contributed by atoms with Crippen molar-refractivity contribution in [2.24, 2.45) is 0 Å². The average molecular weight is 305 g/mol. The van der Waals surface area contributed by atoms with Crippen molar-refractivity contribution in [3.8, 4) is 5.75 Å². The number of para-hydroxylation sites is 1. The van der Waals surface area contributed by atoms with Gasteiger partial charge in [0.1, 0.15) is 5.75 Å². The lowest BCUT2D eigenvalue weighted by molar-refractivity contribution is -0.122. The molecule has 0 saturated carbocycles. The SMILES string of the molecule is COc1ccccc1CNC(=O)CN1CCN(C(C)C)CC1. The normalized spacial score (nSPS) is 16.7. The maximum atomic E-state index is 12.1. The van der Waals surface area contributed by atoms with Crippen LogP contribution in [-0.4, -0.2) is 61.6 Å². The zero-order valence-corrected chi connectivity index (χ0v) is 13.8. The number of nitrogens with one attached hydrogen (secondary N) is 1. The van der Waals surface area contributed by atoms with Gasteiger partial charge >= 0.3 is 0 Å². The number of ether oxygens (including phenoxy) is 1. The van der Waals surface area contributed by atoms with Crippen LogP contribution in [0, 0.1) is 0 Å². The number of hydrogen-bond acceptors (Lipinski definition) is 4. The Morgan fingerprint density at radius 3 is 2.55 bits per heavy atom. The first-order chi connectivity index (χ1) is 10.6. The molecule has 1 aromatic carbocycles. The predicted octanol–water partition coefficient (Wildman–Crippen LogP) is 1.34. The van der Waals surface area contributed by atoms with Crippen LogP contribution in [0.25, 0.3) is 0 Å². The van der Waals surface area contributed by atoms with Crippen molar-refractivity contribution in [1.82, 2.24) is 15.1 Å². The molecule has 1 aliphatic rings. The second-order valence-electron chi connectivity index (χ2n) is 5.99. The van der Waals surface area contributed by atoms with Crippen LogP contribution < -0.4 is 10.1 Å². The maximum absolute atomic E-state index is 12.1. The number of piperazine rings is 1. The average Bonchev–Trinajstić information content (AvgIpc) is 2.53. The molecule has 5 heteroatoms. The molecule has 1 saturated heterocycles. The van der Waals surface area contributed by atoms with E-state index in [1.807, 2.05) is 24.3 Å². The van der Waals surface area contributed by atoms with Crippen LogP contribution in [0.15, 0.2) is 24.3 Å². The van der Waals surface area contributed by atoms with Crippen molar-refractivity contribution in [2.75, 3.05) is 39.8 Å². The van der Waals surface area contributed by atoms with E-state index >= 15 is 0 Å². The van der Waals surface area contributed by atoms with E-state index in [-0.39, 0.29) is 5.91 Å². The summed E-state index contributed by atoms with van der Waals surface area (Å²) in [5, 5.41) is 2.98. The predicted molar refractivity (Wildman–Crippen MR) is 88.0 cm³/mol. The van der Waals surface area contributed by atoms with Crippen LogP contribution in [0.4, 0.5) is 0 Å². The second-order valence-corrected chi connectivity index (χ2v) is 5.99. The Kier molecular flexibility index (Phi) is 6.21. The Labute approximate surface area is 133 Å². The van der Waals surface area contributed by atoms with Gasteiger partial charge in [-0.05, 0) is 19.9 Å². The van der Waals surface area contributed by atoms with Crippen molar-refractivity contribution in [1.29, 1.82) is 0 Å². The first kappa shape index (κ1) is 16.8. The van der Waals surface area contributed by atoms with Gasteiger partial charge < -0.3 is 10.1 Å². The number of nitrogens with zero attached hydrogens (tertiary/aromatic N) is 2. The molecule has 0 aromatic heterocycles. The number of carbonyl (C=O) groups excluding carboxylic acids is 1. The van der Waals surface area contributed by atoms with Crippen molar-refractivity contribution >= 4 is 5.91 Å². The highest BCUT2D eigenvalue weighted by molar-refractivity contribution is 5.78. The van der Waals surface area contributed by atoms with Crippen molar-refractivity contribution < 1.29 is 9.53 Å². The van der Waals surface area contributed by atoms with Gasteiger partial charge in [-0.15, -0.1) is 0 Å². The Morgan fingerprint density at radius 2 is 1.91 bits per heavy atom. The van der Waals surface area contributed by atoms with Gasteiger partial charge in [-0.1, -0.05) is 18.2 Å². The summed E-state index contributed by atoms with van der Waals surface area (Å²) in [5.41, 5.74) is 1.00. The molecule has 1 amide bonds. The molecule has 122 valence electrons. The van der Waals surface area contributed by atoms with Crippen molar-refractivity contribution in [2.45, 2.75) is 26.4 Å². The fourth-order valence-corrected chi connectivity index (χ4v) is 2.74. The second kappa shape index (κ2) is 8.15. The van der Waals surface area contributed by atoms with Crippen LogP contribution in [0.5, 0.6) is 5.75 Å². The van der Waals surface area contributed by atoms with E-state index in [9.17, 15) is 4.79 Å². The molecule has 22 heavy (non-hydrogen) atoms. The fourth-order valence-electron chi connectivity index (χ4n) is 2.74. The molecule has 5 nitrogen and oxygen atoms in total. The Bertz CT molecular complexity index is 483. The third kappa shape index (κ3) is 4.71. The highest BCUT2D eigenvalue weighted by Gasteiger charge is 2.20. The van der Waals surface area contributed by atoms with Gasteiger partial charge in [-0.25, -0.2) is 0 Å². The lowest BCUT2D eigenvalue weighted by Gasteiger charge is -2.36. The first-order valence-corrected chi connectivity index (χ1v) is 7.95. The van der Waals surface area contributed by atoms with E-state index in [1.54, 1.807) is 7.11 Å². The minimum absolute atomic E-state index is 0.0731. The summed E-state index contributed by atoms with van der Waals surface area (Å²) in [6.07, 6.45) is 0. The van der Waals surface area contributed by atoms with Crippen LogP contribution in [0.2, 0.25) is 0 Å². The summed E-state index contributed by atoms with van der Waals surface area (Å²) in [7, 11) is 1.65. The Balaban J connectivity index is 1.75. The fraction of sp³-hybridized carbons (Fsp3) is 0.588. The number of hydrogen-bond donors (Lipinski definition) is 1. The van der Waals surface area contributed by atoms with Gasteiger partial charge in [0.2, 0.25) is 5.91 Å². The summed E-state index contributed by atoms with van der Waals surface area (Å²) >= 11 is 0. The van der Waals surface area contributed by atoms with Crippen molar-refractivity contribution in [3.63, 3.8) is 0 Å². The summed E-state index contributed by atoms with van der Waals surface area (Å²) in [6.45, 7) is 9.41. The molecule has 1 N–H and O–H groups in total. The zero-order chi connectivity index (χ0) is 15.9. The van der Waals surface area contributed by atoms with Gasteiger partial charge in [0, 0.05) is 44.3 Å². The number of methoxy groups -OCH3 is 1. The zero-order valence-electron chi connectivity index (χ0n) is 13.8. The number of carbonyl (C=O) groups is 1. The summed E-state index contributed by atoms with van der Waals surface area (Å²) in [5.74, 6) is 0.886. The van der Waals surface area contributed by atoms with E-state index in [0.717, 1.165) is 37.5 Å². The summed E-state index contributed by atoms with van der Waals surface area (Å²) < 4.78 is 5.29. The van der Waals surface area contributed by atoms with Gasteiger partial charge in [0.25, 0.3) is 0 Å². The molecule has 0 radical (unpaired) electrons. The van der Waals surface area contributed by atoms with Gasteiger partial charge in [0.15, 0.2) is 0 Å². The summed E-state index contributed by atoms with van der Waals surface area (Å²) in [6, 6.07) is 8.35. The molecule has 1 fully saturated rings. The number of benzene rings is 1. The number of rotatable bonds is 6. The molecule has 1 aliphatic heterocycles. The molecule has 1 aromatic rings. The van der Waals surface area contributed by atoms with E-state index in [4.69, 9.17) is 4.74 Å². The maximum Gasteiger partial charge on any atom is 0.234 e. The highest BCUT2D eigenvalue weighted by Crippen LogP contribution is 2.16. The smallest absolute Gasteiger partial charge is 0.234 e. The largest absolute Gasteiger partial charge is 0.496 e. The van der Waals surface area contributed by atoms with E-state index in [2.05, 4.69) is 29.0 Å². The minimum Gasteiger partial charge on any atom is -0.496 e. The molecule has 0 spiro atoms. The molecule has 0 bridgehead atoms. The summed E-state index contributed by atoms with van der Waals surface area (Å²) in [4.78, 5) is 16.8. The third-order valence-corrected chi connectivity index (χ3v) is 4.17. The standard InChI is InChI=1S/C17H27N3O2/c1-14(2)20-10-8-19(9-11-20)13-17(21)18-12-15-6-4-5-7-16(15)22-3/h4-7,14H,8-13H2,1-3H3,(H,18,21). The Morgan fingerprint density at radius 1 is 1.23 bits per heavy atom. The van der Waals surface area contributed by atoms with E-state index < -0.39 is 0 Å².